The molecule has 0 aliphatic heterocycles. The predicted octanol–water partition coefficient (Wildman–Crippen LogP) is 4.95. The first kappa shape index (κ1) is 15.0. The van der Waals surface area contributed by atoms with Crippen LogP contribution in [-0.2, 0) is 5.41 Å². The normalized spacial score (nSPS) is 16.5. The first-order valence-corrected chi connectivity index (χ1v) is 8.17. The van der Waals surface area contributed by atoms with Gasteiger partial charge in [-0.3, -0.25) is 0 Å². The van der Waals surface area contributed by atoms with E-state index >= 15 is 0 Å². The largest absolute Gasteiger partial charge is 0.497 e. The van der Waals surface area contributed by atoms with Crippen molar-refractivity contribution in [2.24, 2.45) is 0 Å². The smallest absolute Gasteiger partial charge is 0.123 e. The monoisotopic (exact) mass is 296 g/mol. The van der Waals surface area contributed by atoms with Gasteiger partial charge in [-0.05, 0) is 43.5 Å². The molecule has 2 nitrogen and oxygen atoms in total. The van der Waals surface area contributed by atoms with Crippen molar-refractivity contribution in [3.63, 3.8) is 0 Å². The van der Waals surface area contributed by atoms with Crippen LogP contribution in [0, 0.1) is 0 Å². The van der Waals surface area contributed by atoms with Crippen LogP contribution in [0.2, 0.25) is 0 Å². The number of rotatable bonds is 5. The highest BCUT2D eigenvalue weighted by Crippen LogP contribution is 2.49. The van der Waals surface area contributed by atoms with Crippen LogP contribution < -0.4 is 9.47 Å². The molecule has 1 saturated carbocycles. The second kappa shape index (κ2) is 6.43. The van der Waals surface area contributed by atoms with E-state index in [9.17, 15) is 0 Å². The summed E-state index contributed by atoms with van der Waals surface area (Å²) in [5, 5.41) is 0. The van der Waals surface area contributed by atoms with E-state index in [2.05, 4.69) is 48.5 Å². The second-order valence-electron chi connectivity index (χ2n) is 5.95. The maximum Gasteiger partial charge on any atom is 0.123 e. The molecule has 0 spiro atoms. The number of para-hydroxylation sites is 1. The molecular formula is C20H24O2. The van der Waals surface area contributed by atoms with E-state index in [1.165, 1.54) is 36.8 Å². The van der Waals surface area contributed by atoms with E-state index in [1.807, 2.05) is 6.92 Å². The quantitative estimate of drug-likeness (QED) is 0.777. The molecule has 116 valence electrons. The van der Waals surface area contributed by atoms with Crippen molar-refractivity contribution in [2.45, 2.75) is 38.0 Å². The van der Waals surface area contributed by atoms with Crippen molar-refractivity contribution in [1.29, 1.82) is 0 Å². The third-order valence-electron chi connectivity index (χ3n) is 4.80. The zero-order chi connectivity index (χ0) is 15.4. The van der Waals surface area contributed by atoms with Crippen molar-refractivity contribution in [3.05, 3.63) is 59.7 Å². The lowest BCUT2D eigenvalue weighted by atomic mass is 9.73. The molecule has 0 radical (unpaired) electrons. The zero-order valence-corrected chi connectivity index (χ0v) is 13.5. The van der Waals surface area contributed by atoms with Gasteiger partial charge < -0.3 is 9.47 Å². The van der Waals surface area contributed by atoms with Crippen molar-refractivity contribution < 1.29 is 9.47 Å². The molecular weight excluding hydrogens is 272 g/mol. The van der Waals surface area contributed by atoms with Gasteiger partial charge in [0, 0.05) is 11.0 Å². The Bertz CT molecular complexity index is 610. The van der Waals surface area contributed by atoms with Gasteiger partial charge in [-0.15, -0.1) is 0 Å². The van der Waals surface area contributed by atoms with E-state index < -0.39 is 0 Å². The van der Waals surface area contributed by atoms with Crippen LogP contribution >= 0.6 is 0 Å². The van der Waals surface area contributed by atoms with Crippen LogP contribution in [-0.4, -0.2) is 13.7 Å². The van der Waals surface area contributed by atoms with Gasteiger partial charge in [0.05, 0.1) is 13.7 Å². The highest BCUT2D eigenvalue weighted by Gasteiger charge is 2.39. The van der Waals surface area contributed by atoms with Gasteiger partial charge in [0.1, 0.15) is 11.5 Å². The molecule has 1 fully saturated rings. The average Bonchev–Trinajstić information content (AvgIpc) is 3.06. The summed E-state index contributed by atoms with van der Waals surface area (Å²) >= 11 is 0. The van der Waals surface area contributed by atoms with Crippen molar-refractivity contribution in [3.8, 4) is 11.5 Å². The molecule has 2 aromatic rings. The topological polar surface area (TPSA) is 18.5 Å². The molecule has 0 N–H and O–H groups in total. The molecule has 0 saturated heterocycles. The molecule has 2 heteroatoms. The molecule has 3 rings (SSSR count). The van der Waals surface area contributed by atoms with Gasteiger partial charge in [0.15, 0.2) is 0 Å². The molecule has 0 aromatic heterocycles. The van der Waals surface area contributed by atoms with Crippen molar-refractivity contribution >= 4 is 0 Å². The summed E-state index contributed by atoms with van der Waals surface area (Å²) < 4.78 is 11.2. The average molecular weight is 296 g/mol. The highest BCUT2D eigenvalue weighted by molar-refractivity contribution is 5.48. The van der Waals surface area contributed by atoms with Crippen molar-refractivity contribution in [1.82, 2.24) is 0 Å². The Kier molecular flexibility index (Phi) is 4.37. The first-order chi connectivity index (χ1) is 10.8. The molecule has 0 unspecified atom stereocenters. The Morgan fingerprint density at radius 3 is 2.27 bits per heavy atom. The lowest BCUT2D eigenvalue weighted by Crippen LogP contribution is -2.24. The van der Waals surface area contributed by atoms with E-state index in [0.717, 1.165) is 11.5 Å². The summed E-state index contributed by atoms with van der Waals surface area (Å²) in [6, 6.07) is 17.1. The molecule has 2 aromatic carbocycles. The molecule has 1 aliphatic rings. The summed E-state index contributed by atoms with van der Waals surface area (Å²) in [4.78, 5) is 0. The van der Waals surface area contributed by atoms with Crippen LogP contribution in [0.3, 0.4) is 0 Å². The van der Waals surface area contributed by atoms with Crippen LogP contribution in [0.1, 0.15) is 43.7 Å². The molecule has 0 atom stereocenters. The number of hydrogen-bond donors (Lipinski definition) is 0. The Morgan fingerprint density at radius 2 is 1.64 bits per heavy atom. The van der Waals surface area contributed by atoms with Gasteiger partial charge in [-0.1, -0.05) is 43.2 Å². The number of methoxy groups -OCH3 is 1. The summed E-state index contributed by atoms with van der Waals surface area (Å²) in [6.45, 7) is 2.75. The Labute approximate surface area is 133 Å². The van der Waals surface area contributed by atoms with Crippen LogP contribution in [0.5, 0.6) is 11.5 Å². The standard InChI is InChI=1S/C20H24O2/c1-3-22-19-9-5-4-8-18(19)20(14-6-7-15-20)16-10-12-17(21-2)13-11-16/h4-5,8-13H,3,6-7,14-15H2,1-2H3. The Hall–Kier alpha value is -1.96. The minimum absolute atomic E-state index is 0.0814. The number of ether oxygens (including phenoxy) is 2. The maximum atomic E-state index is 5.92. The van der Waals surface area contributed by atoms with Crippen molar-refractivity contribution in [2.75, 3.05) is 13.7 Å². The lowest BCUT2D eigenvalue weighted by Gasteiger charge is -2.32. The van der Waals surface area contributed by atoms with Crippen LogP contribution in [0.4, 0.5) is 0 Å². The predicted molar refractivity (Wildman–Crippen MR) is 89.9 cm³/mol. The van der Waals surface area contributed by atoms with Crippen LogP contribution in [0.25, 0.3) is 0 Å². The van der Waals surface area contributed by atoms with E-state index in [-0.39, 0.29) is 5.41 Å². The Morgan fingerprint density at radius 1 is 0.955 bits per heavy atom. The fourth-order valence-electron chi connectivity index (χ4n) is 3.75. The third kappa shape index (κ3) is 2.58. The van der Waals surface area contributed by atoms with Gasteiger partial charge in [-0.25, -0.2) is 0 Å². The molecule has 1 aliphatic carbocycles. The highest BCUT2D eigenvalue weighted by atomic mass is 16.5. The molecule has 0 heterocycles. The second-order valence-corrected chi connectivity index (χ2v) is 5.95. The van der Waals surface area contributed by atoms with E-state index in [1.54, 1.807) is 7.11 Å². The van der Waals surface area contributed by atoms with Gasteiger partial charge >= 0.3 is 0 Å². The number of benzene rings is 2. The van der Waals surface area contributed by atoms with E-state index in [4.69, 9.17) is 9.47 Å². The molecule has 22 heavy (non-hydrogen) atoms. The summed E-state index contributed by atoms with van der Waals surface area (Å²) in [7, 11) is 1.71. The Balaban J connectivity index is 2.08. The minimum atomic E-state index is 0.0814. The fraction of sp³-hybridized carbons (Fsp3) is 0.400. The minimum Gasteiger partial charge on any atom is -0.497 e. The van der Waals surface area contributed by atoms with E-state index in [0.29, 0.717) is 6.61 Å². The molecule has 0 amide bonds. The molecule has 0 bridgehead atoms. The fourth-order valence-corrected chi connectivity index (χ4v) is 3.75. The lowest BCUT2D eigenvalue weighted by molar-refractivity contribution is 0.328. The van der Waals surface area contributed by atoms with Gasteiger partial charge in [0.2, 0.25) is 0 Å². The summed E-state index contributed by atoms with van der Waals surface area (Å²) in [6.07, 6.45) is 4.91. The SMILES string of the molecule is CCOc1ccccc1C1(c2ccc(OC)cc2)CCCC1. The summed E-state index contributed by atoms with van der Waals surface area (Å²) in [5.41, 5.74) is 2.79. The van der Waals surface area contributed by atoms with Crippen LogP contribution in [0.15, 0.2) is 48.5 Å². The third-order valence-corrected chi connectivity index (χ3v) is 4.80. The number of hydrogen-bond acceptors (Lipinski definition) is 2. The zero-order valence-electron chi connectivity index (χ0n) is 13.5. The van der Waals surface area contributed by atoms with Gasteiger partial charge in [-0.2, -0.15) is 0 Å². The van der Waals surface area contributed by atoms with Gasteiger partial charge in [0.25, 0.3) is 0 Å². The maximum absolute atomic E-state index is 5.92. The first-order valence-electron chi connectivity index (χ1n) is 8.17. The summed E-state index contributed by atoms with van der Waals surface area (Å²) in [5.74, 6) is 1.94.